The molecule has 0 saturated carbocycles. The van der Waals surface area contributed by atoms with Crippen LogP contribution in [0.25, 0.3) is 0 Å². The molecule has 0 amide bonds. The van der Waals surface area contributed by atoms with Gasteiger partial charge in [0.05, 0.1) is 0 Å². The quantitative estimate of drug-likeness (QED) is 0.539. The van der Waals surface area contributed by atoms with Crippen molar-refractivity contribution >= 4 is 5.97 Å². The predicted molar refractivity (Wildman–Crippen MR) is 76.3 cm³/mol. The van der Waals surface area contributed by atoms with Crippen LogP contribution in [-0.4, -0.2) is 5.97 Å². The molecule has 1 aromatic carbocycles. The minimum absolute atomic E-state index is 0.0905. The monoisotopic (exact) mass is 250 g/mol. The molecule has 1 rings (SSSR count). The lowest BCUT2D eigenvalue weighted by atomic mass is 10.2. The van der Waals surface area contributed by atoms with Gasteiger partial charge in [0.1, 0.15) is 6.61 Å². The molecule has 0 spiro atoms. The summed E-state index contributed by atoms with van der Waals surface area (Å²) in [4.78, 5) is 11.3. The minimum Gasteiger partial charge on any atom is -0.461 e. The Bertz CT molecular complexity index is 293. The van der Waals surface area contributed by atoms with Gasteiger partial charge in [-0.15, -0.1) is 0 Å². The number of carbonyl (C=O) groups excluding carboxylic acids is 1. The molecule has 0 aliphatic heterocycles. The topological polar surface area (TPSA) is 26.3 Å². The van der Waals surface area contributed by atoms with Gasteiger partial charge in [-0.25, -0.2) is 0 Å². The van der Waals surface area contributed by atoms with E-state index in [4.69, 9.17) is 4.74 Å². The first kappa shape index (κ1) is 16.7. The number of unbranched alkanes of at least 4 members (excludes halogenated alkanes) is 2. The smallest absolute Gasteiger partial charge is 0.306 e. The molecule has 0 aliphatic rings. The zero-order valence-corrected chi connectivity index (χ0v) is 11.9. The molecule has 0 unspecified atom stereocenters. The van der Waals surface area contributed by atoms with Gasteiger partial charge in [-0.1, -0.05) is 70.4 Å². The molecule has 0 aliphatic carbocycles. The van der Waals surface area contributed by atoms with Gasteiger partial charge in [-0.3, -0.25) is 4.79 Å². The van der Waals surface area contributed by atoms with E-state index < -0.39 is 0 Å². The van der Waals surface area contributed by atoms with Crippen molar-refractivity contribution in [1.82, 2.24) is 0 Å². The third kappa shape index (κ3) is 9.88. The van der Waals surface area contributed by atoms with Crippen LogP contribution >= 0.6 is 0 Å². The summed E-state index contributed by atoms with van der Waals surface area (Å²) >= 11 is 0. The number of benzene rings is 1. The second kappa shape index (κ2) is 12.2. The van der Waals surface area contributed by atoms with E-state index in [0.29, 0.717) is 13.0 Å². The Morgan fingerprint density at radius 2 is 1.67 bits per heavy atom. The summed E-state index contributed by atoms with van der Waals surface area (Å²) < 4.78 is 5.14. The molecule has 18 heavy (non-hydrogen) atoms. The van der Waals surface area contributed by atoms with Gasteiger partial charge < -0.3 is 4.74 Å². The normalized spacial score (nSPS) is 9.28. The molecule has 0 aromatic heterocycles. The maximum Gasteiger partial charge on any atom is 0.306 e. The standard InChI is InChI=1S/C13H18O2.C3H8/c1-2-3-5-10-13(14)15-11-12-8-6-4-7-9-12;1-3-2/h4,6-9H,2-3,5,10-11H2,1H3;3H2,1-2H3. The highest BCUT2D eigenvalue weighted by molar-refractivity contribution is 5.69. The van der Waals surface area contributed by atoms with E-state index in [1.54, 1.807) is 0 Å². The number of hydrogen-bond acceptors (Lipinski definition) is 2. The first-order valence-corrected chi connectivity index (χ1v) is 6.94. The van der Waals surface area contributed by atoms with Crippen molar-refractivity contribution in [3.8, 4) is 0 Å². The van der Waals surface area contributed by atoms with Gasteiger partial charge >= 0.3 is 5.97 Å². The number of hydrogen-bond donors (Lipinski definition) is 0. The number of carbonyl (C=O) groups is 1. The van der Waals surface area contributed by atoms with Crippen LogP contribution in [-0.2, 0) is 16.1 Å². The molecule has 0 N–H and O–H groups in total. The Morgan fingerprint density at radius 1 is 1.06 bits per heavy atom. The highest BCUT2D eigenvalue weighted by atomic mass is 16.5. The van der Waals surface area contributed by atoms with Crippen molar-refractivity contribution in [2.24, 2.45) is 0 Å². The maximum atomic E-state index is 11.3. The van der Waals surface area contributed by atoms with Crippen molar-refractivity contribution in [3.05, 3.63) is 35.9 Å². The fourth-order valence-corrected chi connectivity index (χ4v) is 1.33. The lowest BCUT2D eigenvalue weighted by Gasteiger charge is -2.04. The van der Waals surface area contributed by atoms with E-state index in [1.807, 2.05) is 30.3 Å². The molecule has 102 valence electrons. The SMILES string of the molecule is CCC.CCCCCC(=O)OCc1ccccc1. The second-order valence-corrected chi connectivity index (χ2v) is 4.31. The number of ether oxygens (including phenoxy) is 1. The lowest BCUT2D eigenvalue weighted by molar-refractivity contribution is -0.145. The molecular formula is C16H26O2. The fourth-order valence-electron chi connectivity index (χ4n) is 1.33. The van der Waals surface area contributed by atoms with Crippen molar-refractivity contribution in [2.45, 2.75) is 59.5 Å². The van der Waals surface area contributed by atoms with E-state index in [-0.39, 0.29) is 5.97 Å². The Balaban J connectivity index is 0.000000873. The summed E-state index contributed by atoms with van der Waals surface area (Å²) in [6.45, 7) is 6.76. The Morgan fingerprint density at radius 3 is 2.22 bits per heavy atom. The van der Waals surface area contributed by atoms with E-state index >= 15 is 0 Å². The van der Waals surface area contributed by atoms with Crippen molar-refractivity contribution < 1.29 is 9.53 Å². The Labute approximate surface area is 111 Å². The van der Waals surface area contributed by atoms with Gasteiger partial charge in [-0.2, -0.15) is 0 Å². The van der Waals surface area contributed by atoms with E-state index in [1.165, 1.54) is 6.42 Å². The molecule has 0 radical (unpaired) electrons. The molecule has 0 saturated heterocycles. The van der Waals surface area contributed by atoms with Gasteiger partial charge in [0.15, 0.2) is 0 Å². The third-order valence-electron chi connectivity index (χ3n) is 2.23. The van der Waals surface area contributed by atoms with Crippen LogP contribution < -0.4 is 0 Å². The van der Waals surface area contributed by atoms with Crippen LogP contribution in [0.4, 0.5) is 0 Å². The lowest BCUT2D eigenvalue weighted by Crippen LogP contribution is -2.04. The largest absolute Gasteiger partial charge is 0.461 e. The Kier molecular flexibility index (Phi) is 11.3. The summed E-state index contributed by atoms with van der Waals surface area (Å²) in [6, 6.07) is 9.76. The molecule has 2 heteroatoms. The average Bonchev–Trinajstić information content (AvgIpc) is 2.39. The number of rotatable bonds is 6. The average molecular weight is 250 g/mol. The third-order valence-corrected chi connectivity index (χ3v) is 2.23. The highest BCUT2D eigenvalue weighted by Gasteiger charge is 2.02. The Hall–Kier alpha value is -1.31. The van der Waals surface area contributed by atoms with Crippen LogP contribution in [0.1, 0.15) is 58.4 Å². The second-order valence-electron chi connectivity index (χ2n) is 4.31. The van der Waals surface area contributed by atoms with Gasteiger partial charge in [0, 0.05) is 6.42 Å². The molecule has 0 fully saturated rings. The van der Waals surface area contributed by atoms with E-state index in [2.05, 4.69) is 20.8 Å². The van der Waals surface area contributed by atoms with Crippen molar-refractivity contribution in [3.63, 3.8) is 0 Å². The maximum absolute atomic E-state index is 11.3. The highest BCUT2D eigenvalue weighted by Crippen LogP contribution is 2.04. The van der Waals surface area contributed by atoms with Crippen LogP contribution in [0.5, 0.6) is 0 Å². The molecule has 0 atom stereocenters. The molecular weight excluding hydrogens is 224 g/mol. The molecule has 2 nitrogen and oxygen atoms in total. The first-order chi connectivity index (χ1) is 8.74. The summed E-state index contributed by atoms with van der Waals surface area (Å²) in [5.74, 6) is -0.0905. The van der Waals surface area contributed by atoms with Crippen LogP contribution in [0.3, 0.4) is 0 Å². The summed E-state index contributed by atoms with van der Waals surface area (Å²) in [5.41, 5.74) is 1.04. The van der Waals surface area contributed by atoms with Gasteiger partial charge in [-0.05, 0) is 12.0 Å². The summed E-state index contributed by atoms with van der Waals surface area (Å²) in [7, 11) is 0. The first-order valence-electron chi connectivity index (χ1n) is 6.94. The zero-order valence-electron chi connectivity index (χ0n) is 11.9. The van der Waals surface area contributed by atoms with Crippen LogP contribution in [0.15, 0.2) is 30.3 Å². The fraction of sp³-hybridized carbons (Fsp3) is 0.562. The van der Waals surface area contributed by atoms with Gasteiger partial charge in [0.2, 0.25) is 0 Å². The van der Waals surface area contributed by atoms with Crippen molar-refractivity contribution in [2.75, 3.05) is 0 Å². The predicted octanol–water partition coefficient (Wildman–Crippen LogP) is 4.73. The summed E-state index contributed by atoms with van der Waals surface area (Å²) in [6.07, 6.45) is 4.96. The number of esters is 1. The van der Waals surface area contributed by atoms with Crippen LogP contribution in [0, 0.1) is 0 Å². The molecule has 1 aromatic rings. The van der Waals surface area contributed by atoms with E-state index in [9.17, 15) is 4.79 Å². The summed E-state index contributed by atoms with van der Waals surface area (Å²) in [5, 5.41) is 0. The molecule has 0 heterocycles. The van der Waals surface area contributed by atoms with Crippen LogP contribution in [0.2, 0.25) is 0 Å². The van der Waals surface area contributed by atoms with Crippen molar-refractivity contribution in [1.29, 1.82) is 0 Å². The zero-order chi connectivity index (χ0) is 13.6. The minimum atomic E-state index is -0.0905. The molecule has 0 bridgehead atoms. The van der Waals surface area contributed by atoms with E-state index in [0.717, 1.165) is 24.8 Å². The van der Waals surface area contributed by atoms with Gasteiger partial charge in [0.25, 0.3) is 0 Å².